The molecule has 0 atom stereocenters. The van der Waals surface area contributed by atoms with E-state index in [1.807, 2.05) is 0 Å². The predicted octanol–water partition coefficient (Wildman–Crippen LogP) is 6.14. The lowest BCUT2D eigenvalue weighted by atomic mass is 9.98. The first-order valence-corrected chi connectivity index (χ1v) is 9.98. The van der Waals surface area contributed by atoms with E-state index < -0.39 is 0 Å². The second-order valence-corrected chi connectivity index (χ2v) is 7.34. The van der Waals surface area contributed by atoms with Crippen LogP contribution in [0.2, 0.25) is 5.02 Å². The molecule has 0 bridgehead atoms. The molecule has 0 aliphatic heterocycles. The fraction of sp³-hybridized carbons (Fsp3) is 0.650. The molecular weight excluding hydrogens is 336 g/mol. The van der Waals surface area contributed by atoms with Crippen molar-refractivity contribution in [1.82, 2.24) is 5.32 Å². The molecule has 0 spiro atoms. The van der Waals surface area contributed by atoms with E-state index in [4.69, 9.17) is 16.3 Å². The van der Waals surface area contributed by atoms with Gasteiger partial charge in [-0.15, -0.1) is 0 Å². The molecule has 25 heavy (non-hydrogen) atoms. The van der Waals surface area contributed by atoms with Crippen LogP contribution in [0.25, 0.3) is 0 Å². The van der Waals surface area contributed by atoms with E-state index in [1.165, 1.54) is 57.8 Å². The number of hydrogen-bond acceptors (Lipinski definition) is 2. The maximum atomic E-state index is 12.4. The maximum Gasteiger partial charge on any atom is 0.319 e. The van der Waals surface area contributed by atoms with Crippen molar-refractivity contribution in [3.05, 3.63) is 23.2 Å². The van der Waals surface area contributed by atoms with Gasteiger partial charge in [0.15, 0.2) is 0 Å². The van der Waals surface area contributed by atoms with Crippen molar-refractivity contribution in [3.63, 3.8) is 0 Å². The number of carbonyl (C=O) groups excluding carboxylic acids is 1. The van der Waals surface area contributed by atoms with Crippen LogP contribution in [-0.4, -0.2) is 19.2 Å². The molecular formula is C20H31ClN2O2. The fourth-order valence-electron chi connectivity index (χ4n) is 3.43. The smallest absolute Gasteiger partial charge is 0.319 e. The average Bonchev–Trinajstić information content (AvgIpc) is 2.57. The zero-order chi connectivity index (χ0) is 17.9. The fourth-order valence-corrected chi connectivity index (χ4v) is 3.60. The molecule has 1 aromatic rings. The summed E-state index contributed by atoms with van der Waals surface area (Å²) in [6.45, 7) is 0. The topological polar surface area (TPSA) is 50.4 Å². The number of urea groups is 1. The molecule has 1 saturated carbocycles. The molecule has 0 unspecified atom stereocenters. The van der Waals surface area contributed by atoms with Crippen molar-refractivity contribution in [2.45, 2.75) is 76.7 Å². The molecule has 0 radical (unpaired) electrons. The zero-order valence-corrected chi connectivity index (χ0v) is 16.0. The zero-order valence-electron chi connectivity index (χ0n) is 15.3. The molecule has 4 nitrogen and oxygen atoms in total. The number of amides is 2. The first kappa shape index (κ1) is 19.9. The van der Waals surface area contributed by atoms with E-state index in [2.05, 4.69) is 10.6 Å². The van der Waals surface area contributed by atoms with Gasteiger partial charge in [0.05, 0.1) is 12.8 Å². The van der Waals surface area contributed by atoms with Gasteiger partial charge in [0.2, 0.25) is 0 Å². The van der Waals surface area contributed by atoms with Gasteiger partial charge >= 0.3 is 6.03 Å². The van der Waals surface area contributed by atoms with Crippen molar-refractivity contribution < 1.29 is 9.53 Å². The molecule has 0 heterocycles. The Bertz CT molecular complexity index is 524. The molecule has 1 fully saturated rings. The third-order valence-electron chi connectivity index (χ3n) is 4.85. The molecule has 140 valence electrons. The molecule has 0 saturated heterocycles. The third kappa shape index (κ3) is 7.55. The van der Waals surface area contributed by atoms with Crippen LogP contribution in [0.3, 0.4) is 0 Å². The van der Waals surface area contributed by atoms with Gasteiger partial charge < -0.3 is 15.4 Å². The molecule has 5 heteroatoms. The summed E-state index contributed by atoms with van der Waals surface area (Å²) in [4.78, 5) is 12.4. The number of benzene rings is 1. The minimum absolute atomic E-state index is 0.183. The Balaban J connectivity index is 1.88. The van der Waals surface area contributed by atoms with Crippen molar-refractivity contribution >= 4 is 23.3 Å². The lowest BCUT2D eigenvalue weighted by molar-refractivity contribution is 0.246. The van der Waals surface area contributed by atoms with Gasteiger partial charge in [0.25, 0.3) is 0 Å². The van der Waals surface area contributed by atoms with Gasteiger partial charge in [-0.2, -0.15) is 0 Å². The van der Waals surface area contributed by atoms with Crippen LogP contribution in [0, 0.1) is 0 Å². The Hall–Kier alpha value is -1.42. The molecule has 2 rings (SSSR count). The van der Waals surface area contributed by atoms with Crippen molar-refractivity contribution in [2.24, 2.45) is 0 Å². The van der Waals surface area contributed by atoms with Crippen LogP contribution in [-0.2, 0) is 0 Å². The summed E-state index contributed by atoms with van der Waals surface area (Å²) >= 11 is 6.02. The molecule has 2 amide bonds. The normalized spacial score (nSPS) is 17.8. The summed E-state index contributed by atoms with van der Waals surface area (Å²) in [5.41, 5.74) is 0.598. The number of halogens is 1. The number of rotatable bonds is 3. The highest BCUT2D eigenvalue weighted by atomic mass is 35.5. The molecule has 1 aliphatic carbocycles. The van der Waals surface area contributed by atoms with E-state index in [-0.39, 0.29) is 12.1 Å². The highest BCUT2D eigenvalue weighted by molar-refractivity contribution is 6.31. The van der Waals surface area contributed by atoms with E-state index in [0.717, 1.165) is 12.8 Å². The average molecular weight is 367 g/mol. The molecule has 1 aliphatic rings. The molecule has 1 aromatic carbocycles. The van der Waals surface area contributed by atoms with Crippen molar-refractivity contribution in [3.8, 4) is 5.75 Å². The monoisotopic (exact) mass is 366 g/mol. The Morgan fingerprint density at radius 3 is 2.12 bits per heavy atom. The number of carbonyl (C=O) groups is 1. The number of nitrogens with one attached hydrogen (secondary N) is 2. The van der Waals surface area contributed by atoms with Gasteiger partial charge in [-0.05, 0) is 31.0 Å². The lowest BCUT2D eigenvalue weighted by Gasteiger charge is -2.20. The summed E-state index contributed by atoms with van der Waals surface area (Å²) < 4.78 is 5.28. The van der Waals surface area contributed by atoms with Gasteiger partial charge in [-0.1, -0.05) is 69.4 Å². The van der Waals surface area contributed by atoms with E-state index in [0.29, 0.717) is 16.5 Å². The second kappa shape index (κ2) is 11.2. The van der Waals surface area contributed by atoms with E-state index in [9.17, 15) is 4.79 Å². The number of anilines is 1. The van der Waals surface area contributed by atoms with E-state index in [1.54, 1.807) is 25.3 Å². The molecule has 2 N–H and O–H groups in total. The molecule has 0 aromatic heterocycles. The Morgan fingerprint density at radius 2 is 1.56 bits per heavy atom. The van der Waals surface area contributed by atoms with Crippen LogP contribution < -0.4 is 15.4 Å². The van der Waals surface area contributed by atoms with E-state index >= 15 is 0 Å². The van der Waals surface area contributed by atoms with Crippen molar-refractivity contribution in [2.75, 3.05) is 12.4 Å². The largest absolute Gasteiger partial charge is 0.495 e. The maximum absolute atomic E-state index is 12.4. The summed E-state index contributed by atoms with van der Waals surface area (Å²) in [5.74, 6) is 0.609. The SMILES string of the molecule is COc1ccc(Cl)cc1NC(=O)NC1CCCCCCCCCCC1. The van der Waals surface area contributed by atoms with Crippen LogP contribution in [0.4, 0.5) is 10.5 Å². The Labute approximate surface area is 156 Å². The minimum Gasteiger partial charge on any atom is -0.495 e. The van der Waals surface area contributed by atoms with Crippen molar-refractivity contribution in [1.29, 1.82) is 0 Å². The first-order valence-electron chi connectivity index (χ1n) is 9.60. The number of methoxy groups -OCH3 is 1. The summed E-state index contributed by atoms with van der Waals surface area (Å²) in [7, 11) is 1.58. The number of ether oxygens (including phenoxy) is 1. The quantitative estimate of drug-likeness (QED) is 0.674. The summed E-state index contributed by atoms with van der Waals surface area (Å²) in [6, 6.07) is 5.27. The first-order chi connectivity index (χ1) is 12.2. The number of hydrogen-bond donors (Lipinski definition) is 2. The third-order valence-corrected chi connectivity index (χ3v) is 5.09. The highest BCUT2D eigenvalue weighted by Crippen LogP contribution is 2.27. The predicted molar refractivity (Wildman–Crippen MR) is 105 cm³/mol. The highest BCUT2D eigenvalue weighted by Gasteiger charge is 2.14. The van der Waals surface area contributed by atoms with Crippen LogP contribution in [0.5, 0.6) is 5.75 Å². The summed E-state index contributed by atoms with van der Waals surface area (Å²) in [5, 5.41) is 6.59. The Kier molecular flexibility index (Phi) is 8.95. The minimum atomic E-state index is -0.183. The van der Waals surface area contributed by atoms with Crippen LogP contribution in [0.1, 0.15) is 70.6 Å². The van der Waals surface area contributed by atoms with Gasteiger partial charge in [0, 0.05) is 11.1 Å². The Morgan fingerprint density at radius 1 is 1.00 bits per heavy atom. The summed E-state index contributed by atoms with van der Waals surface area (Å²) in [6.07, 6.45) is 13.7. The van der Waals surface area contributed by atoms with Gasteiger partial charge in [0.1, 0.15) is 5.75 Å². The second-order valence-electron chi connectivity index (χ2n) is 6.90. The van der Waals surface area contributed by atoms with Gasteiger partial charge in [-0.25, -0.2) is 4.79 Å². The van der Waals surface area contributed by atoms with Crippen LogP contribution >= 0.6 is 11.6 Å². The standard InChI is InChI=1S/C20H31ClN2O2/c1-25-19-14-13-16(21)15-18(19)23-20(24)22-17-11-9-7-5-3-2-4-6-8-10-12-17/h13-15,17H,2-12H2,1H3,(H2,22,23,24). The van der Waals surface area contributed by atoms with Crippen LogP contribution in [0.15, 0.2) is 18.2 Å². The van der Waals surface area contributed by atoms with Gasteiger partial charge in [-0.3, -0.25) is 0 Å². The lowest BCUT2D eigenvalue weighted by Crippen LogP contribution is -2.38.